The summed E-state index contributed by atoms with van der Waals surface area (Å²) < 4.78 is 25.2. The smallest absolute Gasteiger partial charge is 0.148 e. The Bertz CT molecular complexity index is 1180. The second kappa shape index (κ2) is 8.51. The molecule has 0 aliphatic rings. The molecule has 8 heteroatoms. The van der Waals surface area contributed by atoms with Gasteiger partial charge in [-0.15, -0.1) is 0 Å². The molecule has 0 aliphatic heterocycles. The molecule has 0 fully saturated rings. The number of aryl methyl sites for hydroxylation is 1. The van der Waals surface area contributed by atoms with E-state index in [9.17, 15) is 4.39 Å². The number of methoxy groups -OCH3 is 1. The second-order valence-electron chi connectivity index (χ2n) is 6.61. The van der Waals surface area contributed by atoms with Gasteiger partial charge in [-0.2, -0.15) is 0 Å². The lowest BCUT2D eigenvalue weighted by Crippen LogP contribution is -2.02. The van der Waals surface area contributed by atoms with Crippen LogP contribution in [-0.2, 0) is 6.61 Å². The number of hydrogen-bond donors (Lipinski definition) is 1. The number of benzene rings is 1. The highest BCUT2D eigenvalue weighted by molar-refractivity contribution is 6.29. The zero-order valence-corrected chi connectivity index (χ0v) is 17.1. The Morgan fingerprint density at radius 3 is 2.63 bits per heavy atom. The van der Waals surface area contributed by atoms with Gasteiger partial charge in [-0.3, -0.25) is 4.98 Å². The van der Waals surface area contributed by atoms with Gasteiger partial charge in [0.25, 0.3) is 0 Å². The van der Waals surface area contributed by atoms with E-state index in [0.717, 1.165) is 22.4 Å². The standard InChI is InChI=1S/C22H18ClFN4O2/c1-13-7-17(24)19(25-9-13)12-30-15-4-5-16(20(8-15)29-2)18-11-27-22(28-18)14-3-6-21(23)26-10-14/h3-11H,12H2,1-2H3,(H,27,28). The number of hydrogen-bond acceptors (Lipinski definition) is 5. The van der Waals surface area contributed by atoms with Gasteiger partial charge < -0.3 is 14.5 Å². The molecule has 152 valence electrons. The molecule has 1 aromatic carbocycles. The van der Waals surface area contributed by atoms with Crippen molar-refractivity contribution in [1.29, 1.82) is 0 Å². The van der Waals surface area contributed by atoms with Crippen molar-refractivity contribution in [2.24, 2.45) is 0 Å². The van der Waals surface area contributed by atoms with E-state index < -0.39 is 0 Å². The summed E-state index contributed by atoms with van der Waals surface area (Å²) in [6.07, 6.45) is 4.97. The number of H-pyrrole nitrogens is 1. The monoisotopic (exact) mass is 424 g/mol. The Morgan fingerprint density at radius 2 is 1.90 bits per heavy atom. The maximum Gasteiger partial charge on any atom is 0.148 e. The third kappa shape index (κ3) is 4.26. The predicted molar refractivity (Wildman–Crippen MR) is 112 cm³/mol. The van der Waals surface area contributed by atoms with Crippen LogP contribution in [0.25, 0.3) is 22.6 Å². The first-order valence-corrected chi connectivity index (χ1v) is 9.50. The lowest BCUT2D eigenvalue weighted by Gasteiger charge is -2.11. The summed E-state index contributed by atoms with van der Waals surface area (Å²) in [5, 5.41) is 0.420. The van der Waals surface area contributed by atoms with E-state index in [0.29, 0.717) is 22.5 Å². The highest BCUT2D eigenvalue weighted by Gasteiger charge is 2.13. The van der Waals surface area contributed by atoms with Gasteiger partial charge in [0.05, 0.1) is 19.0 Å². The molecular weight excluding hydrogens is 407 g/mol. The summed E-state index contributed by atoms with van der Waals surface area (Å²) in [7, 11) is 1.57. The predicted octanol–water partition coefficient (Wildman–Crippen LogP) is 5.22. The van der Waals surface area contributed by atoms with Crippen LogP contribution in [0.5, 0.6) is 11.5 Å². The molecule has 0 amide bonds. The summed E-state index contributed by atoms with van der Waals surface area (Å²) in [6, 6.07) is 10.4. The molecule has 0 bridgehead atoms. The van der Waals surface area contributed by atoms with E-state index >= 15 is 0 Å². The van der Waals surface area contributed by atoms with Crippen LogP contribution in [0.4, 0.5) is 4.39 Å². The molecule has 0 atom stereocenters. The molecule has 0 unspecified atom stereocenters. The topological polar surface area (TPSA) is 72.9 Å². The minimum atomic E-state index is -0.389. The Morgan fingerprint density at radius 1 is 1.03 bits per heavy atom. The van der Waals surface area contributed by atoms with Crippen LogP contribution in [0, 0.1) is 12.7 Å². The highest BCUT2D eigenvalue weighted by atomic mass is 35.5. The summed E-state index contributed by atoms with van der Waals surface area (Å²) in [4.78, 5) is 15.8. The van der Waals surface area contributed by atoms with Crippen molar-refractivity contribution < 1.29 is 13.9 Å². The molecule has 0 saturated heterocycles. The number of halogens is 2. The molecule has 6 nitrogen and oxygen atoms in total. The number of nitrogens with one attached hydrogen (secondary N) is 1. The van der Waals surface area contributed by atoms with Crippen molar-refractivity contribution in [1.82, 2.24) is 19.9 Å². The largest absolute Gasteiger partial charge is 0.496 e. The normalized spacial score (nSPS) is 10.8. The number of aromatic amines is 1. The van der Waals surface area contributed by atoms with E-state index in [2.05, 4.69) is 19.9 Å². The number of pyridine rings is 2. The fraction of sp³-hybridized carbons (Fsp3) is 0.136. The molecule has 3 aromatic heterocycles. The van der Waals surface area contributed by atoms with Crippen LogP contribution in [0.2, 0.25) is 5.15 Å². The van der Waals surface area contributed by atoms with Crippen molar-refractivity contribution in [3.63, 3.8) is 0 Å². The first-order chi connectivity index (χ1) is 14.5. The molecule has 4 aromatic rings. The lowest BCUT2D eigenvalue weighted by molar-refractivity contribution is 0.292. The number of ether oxygens (including phenoxy) is 2. The fourth-order valence-electron chi connectivity index (χ4n) is 2.92. The summed E-state index contributed by atoms with van der Waals surface area (Å²) in [5.74, 6) is 1.41. The van der Waals surface area contributed by atoms with Gasteiger partial charge in [0.15, 0.2) is 0 Å². The average Bonchev–Trinajstić information content (AvgIpc) is 3.23. The first kappa shape index (κ1) is 19.8. The SMILES string of the molecule is COc1cc(OCc2ncc(C)cc2F)ccc1-c1cnc(-c2ccc(Cl)nc2)[nH]1. The van der Waals surface area contributed by atoms with E-state index in [4.69, 9.17) is 21.1 Å². The van der Waals surface area contributed by atoms with E-state index in [1.54, 1.807) is 50.8 Å². The van der Waals surface area contributed by atoms with E-state index in [1.165, 1.54) is 6.07 Å². The molecule has 0 saturated carbocycles. The molecule has 3 heterocycles. The zero-order valence-electron chi connectivity index (χ0n) is 16.3. The summed E-state index contributed by atoms with van der Waals surface area (Å²) in [5.41, 5.74) is 3.41. The minimum absolute atomic E-state index is 0.0202. The number of imidazole rings is 1. The Balaban J connectivity index is 1.54. The van der Waals surface area contributed by atoms with Crippen molar-refractivity contribution in [2.75, 3.05) is 7.11 Å². The van der Waals surface area contributed by atoms with Gasteiger partial charge in [-0.05, 0) is 42.8 Å². The molecule has 1 N–H and O–H groups in total. The Hall–Kier alpha value is -3.45. The summed E-state index contributed by atoms with van der Waals surface area (Å²) in [6.45, 7) is 1.81. The van der Waals surface area contributed by atoms with Crippen LogP contribution < -0.4 is 9.47 Å². The maximum atomic E-state index is 14.0. The molecule has 0 aliphatic carbocycles. The van der Waals surface area contributed by atoms with Gasteiger partial charge in [-0.1, -0.05) is 11.6 Å². The summed E-state index contributed by atoms with van der Waals surface area (Å²) >= 11 is 5.84. The third-order valence-corrected chi connectivity index (χ3v) is 4.69. The molecule has 0 spiro atoms. The molecule has 0 radical (unpaired) electrons. The van der Waals surface area contributed by atoms with Crippen LogP contribution >= 0.6 is 11.6 Å². The van der Waals surface area contributed by atoms with Crippen LogP contribution in [0.1, 0.15) is 11.3 Å². The zero-order chi connectivity index (χ0) is 21.1. The quantitative estimate of drug-likeness (QED) is 0.429. The minimum Gasteiger partial charge on any atom is -0.496 e. The van der Waals surface area contributed by atoms with Gasteiger partial charge in [-0.25, -0.2) is 14.4 Å². The van der Waals surface area contributed by atoms with Crippen LogP contribution in [0.3, 0.4) is 0 Å². The number of aromatic nitrogens is 4. The number of rotatable bonds is 6. The van der Waals surface area contributed by atoms with E-state index in [1.807, 2.05) is 12.1 Å². The maximum absolute atomic E-state index is 14.0. The number of nitrogens with zero attached hydrogens (tertiary/aromatic N) is 3. The Labute approximate surface area is 177 Å². The van der Waals surface area contributed by atoms with Gasteiger partial charge in [0.2, 0.25) is 0 Å². The third-order valence-electron chi connectivity index (χ3n) is 4.47. The first-order valence-electron chi connectivity index (χ1n) is 9.12. The van der Waals surface area contributed by atoms with Crippen LogP contribution in [-0.4, -0.2) is 27.0 Å². The molecule has 30 heavy (non-hydrogen) atoms. The fourth-order valence-corrected chi connectivity index (χ4v) is 3.04. The highest BCUT2D eigenvalue weighted by Crippen LogP contribution is 2.33. The van der Waals surface area contributed by atoms with Crippen molar-refractivity contribution in [2.45, 2.75) is 13.5 Å². The average molecular weight is 425 g/mol. The molecule has 4 rings (SSSR count). The van der Waals surface area contributed by atoms with Crippen LogP contribution in [0.15, 0.2) is 55.0 Å². The van der Waals surface area contributed by atoms with Crippen molar-refractivity contribution in [3.05, 3.63) is 77.2 Å². The van der Waals surface area contributed by atoms with Gasteiger partial charge >= 0.3 is 0 Å². The van der Waals surface area contributed by atoms with E-state index in [-0.39, 0.29) is 18.1 Å². The lowest BCUT2D eigenvalue weighted by atomic mass is 10.1. The van der Waals surface area contributed by atoms with Gasteiger partial charge in [0.1, 0.15) is 40.6 Å². The molecular formula is C22H18ClFN4O2. The van der Waals surface area contributed by atoms with Crippen molar-refractivity contribution >= 4 is 11.6 Å². The van der Waals surface area contributed by atoms with Crippen molar-refractivity contribution in [3.8, 4) is 34.1 Å². The van der Waals surface area contributed by atoms with Gasteiger partial charge in [0, 0.05) is 29.6 Å². The second-order valence-corrected chi connectivity index (χ2v) is 6.99. The Kier molecular flexibility index (Phi) is 5.63.